The average Bonchev–Trinajstić information content (AvgIpc) is 2.04. The number of hydrogen-bond acceptors (Lipinski definition) is 3. The van der Waals surface area contributed by atoms with Gasteiger partial charge in [-0.3, -0.25) is 0 Å². The molecule has 0 spiro atoms. The SMILES string of the molecule is BC(=N)C1CCCC(C(O)S)C1. The topological polar surface area (TPSA) is 44.1 Å². The van der Waals surface area contributed by atoms with Crippen LogP contribution < -0.4 is 0 Å². The normalized spacial score (nSPS) is 32.8. The maximum Gasteiger partial charge on any atom is 0.157 e. The van der Waals surface area contributed by atoms with Crippen LogP contribution in [-0.4, -0.2) is 24.0 Å². The van der Waals surface area contributed by atoms with Gasteiger partial charge in [0.2, 0.25) is 0 Å². The first-order valence-electron chi connectivity index (χ1n) is 4.52. The number of aliphatic hydroxyl groups excluding tert-OH is 1. The zero-order valence-electron chi connectivity index (χ0n) is 7.45. The van der Waals surface area contributed by atoms with Crippen LogP contribution in [0.4, 0.5) is 0 Å². The number of rotatable bonds is 2. The molecule has 0 aromatic rings. The number of aliphatic hydroxyl groups is 1. The molecule has 1 saturated carbocycles. The summed E-state index contributed by atoms with van der Waals surface area (Å²) in [6, 6.07) is 0. The summed E-state index contributed by atoms with van der Waals surface area (Å²) >= 11 is 4.04. The molecular weight excluding hydrogens is 169 g/mol. The Morgan fingerprint density at radius 3 is 2.75 bits per heavy atom. The van der Waals surface area contributed by atoms with Crippen LogP contribution in [0, 0.1) is 17.2 Å². The average molecular weight is 185 g/mol. The molecule has 0 aliphatic heterocycles. The van der Waals surface area contributed by atoms with Gasteiger partial charge in [-0.05, 0) is 36.7 Å². The van der Waals surface area contributed by atoms with E-state index in [1.807, 2.05) is 7.85 Å². The second kappa shape index (κ2) is 4.33. The van der Waals surface area contributed by atoms with Crippen molar-refractivity contribution < 1.29 is 5.11 Å². The molecule has 68 valence electrons. The fraction of sp³-hybridized carbons (Fsp3) is 0.875. The maximum absolute atomic E-state index is 9.27. The lowest BCUT2D eigenvalue weighted by atomic mass is 9.74. The zero-order chi connectivity index (χ0) is 9.14. The van der Waals surface area contributed by atoms with Gasteiger partial charge in [0, 0.05) is 0 Å². The third-order valence-corrected chi connectivity index (χ3v) is 3.17. The van der Waals surface area contributed by atoms with E-state index >= 15 is 0 Å². The van der Waals surface area contributed by atoms with Crippen molar-refractivity contribution in [2.75, 3.05) is 0 Å². The molecule has 0 aromatic carbocycles. The number of thiol groups is 1. The van der Waals surface area contributed by atoms with Gasteiger partial charge < -0.3 is 10.5 Å². The fourth-order valence-corrected chi connectivity index (χ4v) is 2.16. The maximum atomic E-state index is 9.27. The summed E-state index contributed by atoms with van der Waals surface area (Å²) in [4.78, 5) is 0. The lowest BCUT2D eigenvalue weighted by Gasteiger charge is -2.30. The summed E-state index contributed by atoms with van der Waals surface area (Å²) in [6.07, 6.45) is 4.25. The second-order valence-corrected chi connectivity index (χ2v) is 4.25. The molecule has 0 radical (unpaired) electrons. The van der Waals surface area contributed by atoms with E-state index in [1.54, 1.807) is 0 Å². The van der Waals surface area contributed by atoms with Crippen molar-refractivity contribution in [3.05, 3.63) is 0 Å². The van der Waals surface area contributed by atoms with Gasteiger partial charge in [-0.1, -0.05) is 6.42 Å². The summed E-state index contributed by atoms with van der Waals surface area (Å²) in [5.74, 6) is 0.693. The molecule has 0 aromatic heterocycles. The molecule has 0 bridgehead atoms. The summed E-state index contributed by atoms with van der Waals surface area (Å²) in [5, 5.41) is 16.8. The van der Waals surface area contributed by atoms with E-state index in [0.717, 1.165) is 31.3 Å². The quantitative estimate of drug-likeness (QED) is 0.251. The molecule has 2 N–H and O–H groups in total. The largest absolute Gasteiger partial charge is 0.382 e. The van der Waals surface area contributed by atoms with Crippen molar-refractivity contribution in [3.8, 4) is 0 Å². The van der Waals surface area contributed by atoms with Crippen molar-refractivity contribution in [1.29, 1.82) is 5.41 Å². The van der Waals surface area contributed by atoms with Gasteiger partial charge in [0.1, 0.15) is 0 Å². The Labute approximate surface area is 80.1 Å². The van der Waals surface area contributed by atoms with E-state index in [1.165, 1.54) is 0 Å². The van der Waals surface area contributed by atoms with Crippen LogP contribution in [0.1, 0.15) is 25.7 Å². The first-order valence-corrected chi connectivity index (χ1v) is 5.04. The number of hydrogen-bond donors (Lipinski definition) is 3. The van der Waals surface area contributed by atoms with Crippen molar-refractivity contribution in [3.63, 3.8) is 0 Å². The van der Waals surface area contributed by atoms with Crippen molar-refractivity contribution in [1.82, 2.24) is 0 Å². The minimum Gasteiger partial charge on any atom is -0.382 e. The molecule has 1 aliphatic rings. The first-order chi connectivity index (χ1) is 5.61. The van der Waals surface area contributed by atoms with Gasteiger partial charge in [-0.25, -0.2) is 0 Å². The Balaban J connectivity index is 2.46. The lowest BCUT2D eigenvalue weighted by molar-refractivity contribution is 0.151. The van der Waals surface area contributed by atoms with Crippen LogP contribution >= 0.6 is 12.6 Å². The Morgan fingerprint density at radius 1 is 1.58 bits per heavy atom. The van der Waals surface area contributed by atoms with E-state index in [4.69, 9.17) is 5.41 Å². The van der Waals surface area contributed by atoms with Gasteiger partial charge in [0.25, 0.3) is 0 Å². The molecule has 12 heavy (non-hydrogen) atoms. The van der Waals surface area contributed by atoms with Crippen LogP contribution in [0.15, 0.2) is 0 Å². The summed E-state index contributed by atoms with van der Waals surface area (Å²) < 4.78 is 0. The second-order valence-electron chi connectivity index (χ2n) is 3.72. The van der Waals surface area contributed by atoms with Crippen LogP contribution in [-0.2, 0) is 0 Å². The number of nitrogens with one attached hydrogen (secondary N) is 1. The molecule has 0 amide bonds. The molecule has 2 nitrogen and oxygen atoms in total. The minimum absolute atomic E-state index is 0.299. The van der Waals surface area contributed by atoms with Crippen LogP contribution in [0.5, 0.6) is 0 Å². The first kappa shape index (κ1) is 10.1. The van der Waals surface area contributed by atoms with Crippen LogP contribution in [0.2, 0.25) is 0 Å². The molecule has 1 aliphatic carbocycles. The smallest absolute Gasteiger partial charge is 0.157 e. The van der Waals surface area contributed by atoms with E-state index in [-0.39, 0.29) is 0 Å². The summed E-state index contributed by atoms with van der Waals surface area (Å²) in [6.45, 7) is 0. The highest BCUT2D eigenvalue weighted by Gasteiger charge is 2.26. The predicted molar refractivity (Wildman–Crippen MR) is 56.7 cm³/mol. The molecule has 0 heterocycles. The Morgan fingerprint density at radius 2 is 2.25 bits per heavy atom. The molecule has 1 fully saturated rings. The summed E-state index contributed by atoms with van der Waals surface area (Å²) in [5.41, 5.74) is 0.265. The van der Waals surface area contributed by atoms with Gasteiger partial charge >= 0.3 is 0 Å². The van der Waals surface area contributed by atoms with E-state index in [2.05, 4.69) is 12.6 Å². The minimum atomic E-state index is -0.493. The van der Waals surface area contributed by atoms with Gasteiger partial charge in [0.15, 0.2) is 7.85 Å². The van der Waals surface area contributed by atoms with Crippen molar-refractivity contribution >= 4 is 26.1 Å². The van der Waals surface area contributed by atoms with E-state index in [9.17, 15) is 5.11 Å². The molecular formula is C8H16BNOS. The van der Waals surface area contributed by atoms with Crippen LogP contribution in [0.3, 0.4) is 0 Å². The Bertz CT molecular complexity index is 174. The van der Waals surface area contributed by atoms with Crippen molar-refractivity contribution in [2.24, 2.45) is 11.8 Å². The lowest BCUT2D eigenvalue weighted by Crippen LogP contribution is -2.27. The van der Waals surface area contributed by atoms with Gasteiger partial charge in [-0.15, -0.1) is 12.6 Å². The third kappa shape index (κ3) is 2.52. The highest BCUT2D eigenvalue weighted by Crippen LogP contribution is 2.32. The van der Waals surface area contributed by atoms with E-state index in [0.29, 0.717) is 11.8 Å². The van der Waals surface area contributed by atoms with Gasteiger partial charge in [0.05, 0.1) is 5.44 Å². The van der Waals surface area contributed by atoms with E-state index < -0.39 is 5.44 Å². The third-order valence-electron chi connectivity index (χ3n) is 2.75. The highest BCUT2D eigenvalue weighted by atomic mass is 32.1. The molecule has 0 saturated heterocycles. The fourth-order valence-electron chi connectivity index (χ4n) is 1.89. The standard InChI is InChI=1S/C8H16BNOS/c9-7(10)5-2-1-3-6(4-5)8(11)12/h5-6,8,10-12H,1-4,9H2. The molecule has 3 unspecified atom stereocenters. The highest BCUT2D eigenvalue weighted by molar-refractivity contribution is 7.80. The molecule has 3 atom stereocenters. The molecule has 4 heteroatoms. The zero-order valence-corrected chi connectivity index (χ0v) is 8.35. The van der Waals surface area contributed by atoms with Gasteiger partial charge in [-0.2, -0.15) is 0 Å². The Kier molecular flexibility index (Phi) is 3.65. The Hall–Kier alpha value is 0.0449. The predicted octanol–water partition coefficient (Wildman–Crippen LogP) is 0.651. The van der Waals surface area contributed by atoms with Crippen LogP contribution in [0.25, 0.3) is 0 Å². The summed E-state index contributed by atoms with van der Waals surface area (Å²) in [7, 11) is 1.86. The van der Waals surface area contributed by atoms with Crippen molar-refractivity contribution in [2.45, 2.75) is 31.1 Å². The monoisotopic (exact) mass is 185 g/mol. The molecule has 1 rings (SSSR count).